The summed E-state index contributed by atoms with van der Waals surface area (Å²) in [6.45, 7) is 1.96. The number of carbonyl (C=O) groups is 1. The number of nitrogens with zero attached hydrogens (tertiary/aromatic N) is 2. The van der Waals surface area contributed by atoms with Gasteiger partial charge in [-0.05, 0) is 42.3 Å². The summed E-state index contributed by atoms with van der Waals surface area (Å²) in [7, 11) is 1.88. The fourth-order valence-corrected chi connectivity index (χ4v) is 3.56. The third-order valence-electron chi connectivity index (χ3n) is 4.05. The molecule has 0 radical (unpaired) electrons. The number of carboxylic acids is 1. The Balaban J connectivity index is 2.14. The average Bonchev–Trinajstić information content (AvgIpc) is 2.80. The number of aryl methyl sites for hydroxylation is 2. The number of aromatic nitrogens is 2. The van der Waals surface area contributed by atoms with Crippen molar-refractivity contribution in [2.24, 2.45) is 7.05 Å². The summed E-state index contributed by atoms with van der Waals surface area (Å²) in [6.07, 6.45) is 0.392. The van der Waals surface area contributed by atoms with Crippen LogP contribution in [0.2, 0.25) is 15.2 Å². The van der Waals surface area contributed by atoms with Crippen LogP contribution in [0.1, 0.15) is 27.2 Å². The molecule has 0 atom stereocenters. The monoisotopic (exact) mass is 382 g/mol. The van der Waals surface area contributed by atoms with Crippen molar-refractivity contribution < 1.29 is 9.90 Å². The van der Waals surface area contributed by atoms with Crippen molar-refractivity contribution in [2.75, 3.05) is 0 Å². The third-order valence-corrected chi connectivity index (χ3v) is 5.03. The van der Waals surface area contributed by atoms with Crippen LogP contribution in [0.4, 0.5) is 0 Å². The van der Waals surface area contributed by atoms with Crippen molar-refractivity contribution in [3.05, 3.63) is 61.8 Å². The number of carboxylic acid groups (broad SMARTS) is 1. The van der Waals surface area contributed by atoms with E-state index in [-0.39, 0.29) is 10.6 Å². The summed E-state index contributed by atoms with van der Waals surface area (Å²) in [5.41, 5.74) is 3.30. The molecule has 0 aliphatic heterocycles. The van der Waals surface area contributed by atoms with Gasteiger partial charge in [-0.1, -0.05) is 34.8 Å². The fraction of sp³-hybridized carbons (Fsp3) is 0.176. The van der Waals surface area contributed by atoms with E-state index in [1.165, 1.54) is 6.07 Å². The SMILES string of the molecule is Cc1cc(Cl)nc2c1cc(Cc1c(Cl)ccc(C(=O)O)c1Cl)n2C. The predicted molar refractivity (Wildman–Crippen MR) is 96.7 cm³/mol. The summed E-state index contributed by atoms with van der Waals surface area (Å²) in [5, 5.41) is 11.2. The van der Waals surface area contributed by atoms with E-state index in [1.807, 2.05) is 24.6 Å². The van der Waals surface area contributed by atoms with Crippen LogP contribution in [0, 0.1) is 6.92 Å². The molecule has 0 amide bonds. The highest BCUT2D eigenvalue weighted by Gasteiger charge is 2.18. The van der Waals surface area contributed by atoms with Gasteiger partial charge >= 0.3 is 5.97 Å². The van der Waals surface area contributed by atoms with Crippen molar-refractivity contribution in [3.63, 3.8) is 0 Å². The summed E-state index contributed by atoms with van der Waals surface area (Å²) < 4.78 is 1.91. The van der Waals surface area contributed by atoms with Crippen LogP contribution in [-0.4, -0.2) is 20.6 Å². The smallest absolute Gasteiger partial charge is 0.337 e. The van der Waals surface area contributed by atoms with E-state index in [1.54, 1.807) is 12.1 Å². The van der Waals surface area contributed by atoms with Crippen molar-refractivity contribution in [1.82, 2.24) is 9.55 Å². The number of fused-ring (bicyclic) bond motifs is 1. The Kier molecular flexibility index (Phi) is 4.47. The molecule has 3 rings (SSSR count). The van der Waals surface area contributed by atoms with Crippen LogP contribution >= 0.6 is 34.8 Å². The molecular weight excluding hydrogens is 371 g/mol. The van der Waals surface area contributed by atoms with Crippen LogP contribution in [0.25, 0.3) is 11.0 Å². The summed E-state index contributed by atoms with van der Waals surface area (Å²) in [5.74, 6) is -1.08. The second-order valence-electron chi connectivity index (χ2n) is 5.56. The third kappa shape index (κ3) is 2.86. The predicted octanol–water partition coefficient (Wildman–Crippen LogP) is 5.13. The van der Waals surface area contributed by atoms with Gasteiger partial charge in [0.05, 0.1) is 10.6 Å². The zero-order valence-corrected chi connectivity index (χ0v) is 15.2. The molecule has 4 nitrogen and oxygen atoms in total. The highest BCUT2D eigenvalue weighted by Crippen LogP contribution is 2.32. The highest BCUT2D eigenvalue weighted by molar-refractivity contribution is 6.38. The molecule has 124 valence electrons. The first-order valence-electron chi connectivity index (χ1n) is 7.11. The van der Waals surface area contributed by atoms with Crippen LogP contribution < -0.4 is 0 Å². The lowest BCUT2D eigenvalue weighted by atomic mass is 10.1. The van der Waals surface area contributed by atoms with Gasteiger partial charge in [-0.15, -0.1) is 0 Å². The summed E-state index contributed by atoms with van der Waals surface area (Å²) in [4.78, 5) is 15.6. The average molecular weight is 384 g/mol. The van der Waals surface area contributed by atoms with Crippen LogP contribution in [0.3, 0.4) is 0 Å². The fourth-order valence-electron chi connectivity index (χ4n) is 2.74. The second kappa shape index (κ2) is 6.28. The Hall–Kier alpha value is -1.75. The first-order valence-corrected chi connectivity index (χ1v) is 8.24. The molecule has 2 aromatic heterocycles. The number of hydrogen-bond donors (Lipinski definition) is 1. The molecule has 0 aliphatic rings. The van der Waals surface area contributed by atoms with Gasteiger partial charge in [0.2, 0.25) is 0 Å². The van der Waals surface area contributed by atoms with Gasteiger partial charge in [-0.2, -0.15) is 0 Å². The highest BCUT2D eigenvalue weighted by atomic mass is 35.5. The maximum absolute atomic E-state index is 11.3. The van der Waals surface area contributed by atoms with Crippen molar-refractivity contribution in [1.29, 1.82) is 0 Å². The van der Waals surface area contributed by atoms with Gasteiger partial charge in [0.1, 0.15) is 10.8 Å². The molecular formula is C17H13Cl3N2O2. The van der Waals surface area contributed by atoms with E-state index in [0.717, 1.165) is 22.3 Å². The van der Waals surface area contributed by atoms with Gasteiger partial charge in [0, 0.05) is 29.6 Å². The van der Waals surface area contributed by atoms with Gasteiger partial charge in [-0.3, -0.25) is 0 Å². The molecule has 24 heavy (non-hydrogen) atoms. The van der Waals surface area contributed by atoms with E-state index >= 15 is 0 Å². The van der Waals surface area contributed by atoms with E-state index in [9.17, 15) is 9.90 Å². The van der Waals surface area contributed by atoms with Crippen LogP contribution in [-0.2, 0) is 13.5 Å². The molecule has 0 unspecified atom stereocenters. The topological polar surface area (TPSA) is 55.1 Å². The molecule has 0 aliphatic carbocycles. The van der Waals surface area contributed by atoms with Crippen molar-refractivity contribution >= 4 is 51.8 Å². The Morgan fingerprint density at radius 3 is 2.62 bits per heavy atom. The van der Waals surface area contributed by atoms with E-state index in [0.29, 0.717) is 22.2 Å². The molecule has 1 aromatic carbocycles. The van der Waals surface area contributed by atoms with Crippen LogP contribution in [0.15, 0.2) is 24.3 Å². The molecule has 3 aromatic rings. The normalized spacial score (nSPS) is 11.2. The zero-order valence-electron chi connectivity index (χ0n) is 12.9. The molecule has 0 bridgehead atoms. The standard InChI is InChI=1S/C17H13Cl3N2O2/c1-8-5-14(19)21-16-11(8)6-9(22(16)2)7-12-13(18)4-3-10(15(12)20)17(23)24/h3-6H,7H2,1-2H3,(H,23,24). The molecule has 0 fully saturated rings. The maximum Gasteiger partial charge on any atom is 0.337 e. The lowest BCUT2D eigenvalue weighted by Crippen LogP contribution is -2.04. The van der Waals surface area contributed by atoms with E-state index < -0.39 is 5.97 Å². The Labute approximate surface area is 153 Å². The number of hydrogen-bond acceptors (Lipinski definition) is 2. The molecule has 7 heteroatoms. The Morgan fingerprint density at radius 2 is 1.96 bits per heavy atom. The minimum absolute atomic E-state index is 0.0344. The Morgan fingerprint density at radius 1 is 1.25 bits per heavy atom. The molecule has 0 saturated heterocycles. The minimum atomic E-state index is -1.08. The van der Waals surface area contributed by atoms with Crippen molar-refractivity contribution in [2.45, 2.75) is 13.3 Å². The Bertz CT molecular complexity index is 980. The van der Waals surface area contributed by atoms with Gasteiger partial charge in [0.15, 0.2) is 0 Å². The number of aromatic carboxylic acids is 1. The molecule has 0 saturated carbocycles. The first-order chi connectivity index (χ1) is 11.3. The van der Waals surface area contributed by atoms with E-state index in [4.69, 9.17) is 34.8 Å². The summed E-state index contributed by atoms with van der Waals surface area (Å²) >= 11 is 18.5. The maximum atomic E-state index is 11.3. The number of rotatable bonds is 3. The summed E-state index contributed by atoms with van der Waals surface area (Å²) in [6, 6.07) is 6.76. The molecule has 1 N–H and O–H groups in total. The molecule has 2 heterocycles. The second-order valence-corrected chi connectivity index (χ2v) is 6.74. The number of pyridine rings is 1. The van der Waals surface area contributed by atoms with Crippen LogP contribution in [0.5, 0.6) is 0 Å². The van der Waals surface area contributed by atoms with Gasteiger partial charge in [-0.25, -0.2) is 9.78 Å². The lowest BCUT2D eigenvalue weighted by molar-refractivity contribution is 0.0697. The lowest BCUT2D eigenvalue weighted by Gasteiger charge is -2.10. The van der Waals surface area contributed by atoms with Gasteiger partial charge in [0.25, 0.3) is 0 Å². The minimum Gasteiger partial charge on any atom is -0.478 e. The number of halogens is 3. The largest absolute Gasteiger partial charge is 0.478 e. The quantitative estimate of drug-likeness (QED) is 0.638. The molecule has 0 spiro atoms. The first kappa shape index (κ1) is 17.1. The number of benzene rings is 1. The zero-order chi connectivity index (χ0) is 17.6. The van der Waals surface area contributed by atoms with Crippen molar-refractivity contribution in [3.8, 4) is 0 Å². The van der Waals surface area contributed by atoms with E-state index in [2.05, 4.69) is 4.98 Å². The van der Waals surface area contributed by atoms with Gasteiger partial charge < -0.3 is 9.67 Å².